The van der Waals surface area contributed by atoms with Gasteiger partial charge in [-0.15, -0.1) is 0 Å². The summed E-state index contributed by atoms with van der Waals surface area (Å²) >= 11 is 0. The lowest BCUT2D eigenvalue weighted by molar-refractivity contribution is -0.124. The quantitative estimate of drug-likeness (QED) is 0.0457. The lowest BCUT2D eigenvalue weighted by Gasteiger charge is -2.26. The second-order valence-electron chi connectivity index (χ2n) is 24.5. The van der Waals surface area contributed by atoms with Gasteiger partial charge in [0.25, 0.3) is 0 Å². The smallest absolute Gasteiger partial charge is 0.220 e. The molecule has 0 rings (SSSR count). The summed E-state index contributed by atoms with van der Waals surface area (Å²) in [6.07, 6.45) is 81.8. The fourth-order valence-electron chi connectivity index (χ4n) is 11.6. The summed E-state index contributed by atoms with van der Waals surface area (Å²) < 4.78 is 0. The first-order valence-corrected chi connectivity index (χ1v) is 34.8. The van der Waals surface area contributed by atoms with E-state index in [1.54, 1.807) is 0 Å². The standard InChI is InChI=1S/C69H139NO4/c1-3-5-7-9-11-13-15-17-19-21-23-25-27-28-29-30-31-32-33-34-35-36-37-38-39-40-42-44-46-48-50-52-54-56-58-60-62-64-68(73)70-66(65-71)69(74)67(72)63-61-59-57-55-53-51-49-47-45-43-41-26-24-22-20-18-16-14-12-10-8-6-4-2/h66-67,69,71-72,74H,3-65H2,1-2H3,(H,70,73). The number of amides is 1. The van der Waals surface area contributed by atoms with Crippen LogP contribution in [0.3, 0.4) is 0 Å². The Hall–Kier alpha value is -0.650. The Morgan fingerprint density at radius 3 is 0.649 bits per heavy atom. The molecule has 0 fully saturated rings. The Balaban J connectivity index is 3.41. The van der Waals surface area contributed by atoms with Crippen molar-refractivity contribution in [2.45, 2.75) is 430 Å². The zero-order valence-electron chi connectivity index (χ0n) is 51.0. The van der Waals surface area contributed by atoms with Gasteiger partial charge in [0.05, 0.1) is 18.8 Å². The van der Waals surface area contributed by atoms with Crippen molar-refractivity contribution in [1.82, 2.24) is 5.32 Å². The molecular weight excluding hydrogens is 907 g/mol. The van der Waals surface area contributed by atoms with Crippen molar-refractivity contribution >= 4 is 5.91 Å². The molecule has 4 N–H and O–H groups in total. The first kappa shape index (κ1) is 73.3. The topological polar surface area (TPSA) is 89.8 Å². The van der Waals surface area contributed by atoms with E-state index in [-0.39, 0.29) is 12.5 Å². The van der Waals surface area contributed by atoms with Crippen LogP contribution in [-0.2, 0) is 4.79 Å². The number of hydrogen-bond acceptors (Lipinski definition) is 4. The highest BCUT2D eigenvalue weighted by Gasteiger charge is 2.26. The van der Waals surface area contributed by atoms with E-state index >= 15 is 0 Å². The summed E-state index contributed by atoms with van der Waals surface area (Å²) in [6.45, 7) is 4.24. The molecule has 1 amide bonds. The Morgan fingerprint density at radius 1 is 0.284 bits per heavy atom. The number of carbonyl (C=O) groups is 1. The van der Waals surface area contributed by atoms with Crippen molar-refractivity contribution in [3.05, 3.63) is 0 Å². The van der Waals surface area contributed by atoms with E-state index in [4.69, 9.17) is 0 Å². The molecule has 5 heteroatoms. The number of aliphatic hydroxyl groups is 3. The molecule has 0 aliphatic rings. The van der Waals surface area contributed by atoms with Crippen LogP contribution in [0.15, 0.2) is 0 Å². The maximum atomic E-state index is 12.6. The molecule has 3 atom stereocenters. The molecule has 0 aliphatic carbocycles. The molecule has 0 spiro atoms. The van der Waals surface area contributed by atoms with E-state index < -0.39 is 18.2 Å². The zero-order valence-corrected chi connectivity index (χ0v) is 51.0. The van der Waals surface area contributed by atoms with Crippen molar-refractivity contribution in [3.8, 4) is 0 Å². The highest BCUT2D eigenvalue weighted by atomic mass is 16.3. The van der Waals surface area contributed by atoms with Crippen LogP contribution in [0.25, 0.3) is 0 Å². The lowest BCUT2D eigenvalue weighted by Crippen LogP contribution is -2.50. The van der Waals surface area contributed by atoms with Crippen LogP contribution < -0.4 is 5.32 Å². The molecular formula is C69H139NO4. The predicted molar refractivity (Wildman–Crippen MR) is 329 cm³/mol. The van der Waals surface area contributed by atoms with E-state index in [2.05, 4.69) is 19.2 Å². The van der Waals surface area contributed by atoms with E-state index in [1.165, 1.54) is 353 Å². The van der Waals surface area contributed by atoms with Crippen molar-refractivity contribution < 1.29 is 20.1 Å². The Kier molecular flexibility index (Phi) is 64.3. The summed E-state index contributed by atoms with van der Waals surface area (Å²) in [5, 5.41) is 33.9. The molecule has 0 saturated heterocycles. The summed E-state index contributed by atoms with van der Waals surface area (Å²) in [5.74, 6) is -0.133. The van der Waals surface area contributed by atoms with Crippen LogP contribution in [0.5, 0.6) is 0 Å². The second kappa shape index (κ2) is 64.9. The molecule has 0 aromatic carbocycles. The molecule has 444 valence electrons. The number of nitrogens with one attached hydrogen (secondary N) is 1. The maximum absolute atomic E-state index is 12.6. The monoisotopic (exact) mass is 1050 g/mol. The fourth-order valence-corrected chi connectivity index (χ4v) is 11.6. The second-order valence-corrected chi connectivity index (χ2v) is 24.5. The third-order valence-electron chi connectivity index (χ3n) is 17.0. The van der Waals surface area contributed by atoms with Crippen molar-refractivity contribution in [1.29, 1.82) is 0 Å². The van der Waals surface area contributed by atoms with Crippen molar-refractivity contribution in [3.63, 3.8) is 0 Å². The SMILES string of the molecule is CCCCCCCCCCCCCCCCCCCCCCCCCCCCCCCCCCCCCCCC(=O)NC(CO)C(O)C(O)CCCCCCCCCCCCCCCCCCCCCCCCC. The molecule has 0 saturated carbocycles. The van der Waals surface area contributed by atoms with E-state index in [9.17, 15) is 20.1 Å². The van der Waals surface area contributed by atoms with Gasteiger partial charge in [0, 0.05) is 6.42 Å². The molecule has 0 aliphatic heterocycles. The minimum Gasteiger partial charge on any atom is -0.394 e. The average molecular weight is 1050 g/mol. The minimum absolute atomic E-state index is 0.133. The van der Waals surface area contributed by atoms with E-state index in [1.807, 2.05) is 0 Å². The van der Waals surface area contributed by atoms with Crippen LogP contribution in [-0.4, -0.2) is 46.1 Å². The largest absolute Gasteiger partial charge is 0.394 e. The van der Waals surface area contributed by atoms with Gasteiger partial charge >= 0.3 is 0 Å². The number of hydrogen-bond donors (Lipinski definition) is 4. The Bertz CT molecular complexity index is 1020. The third-order valence-corrected chi connectivity index (χ3v) is 17.0. The van der Waals surface area contributed by atoms with Crippen LogP contribution in [0.1, 0.15) is 412 Å². The normalized spacial score (nSPS) is 13.0. The van der Waals surface area contributed by atoms with Crippen LogP contribution in [0.2, 0.25) is 0 Å². The number of aliphatic hydroxyl groups excluding tert-OH is 3. The Morgan fingerprint density at radius 2 is 0.459 bits per heavy atom. The maximum Gasteiger partial charge on any atom is 0.220 e. The van der Waals surface area contributed by atoms with Gasteiger partial charge in [0.15, 0.2) is 0 Å². The van der Waals surface area contributed by atoms with Gasteiger partial charge in [-0.05, 0) is 12.8 Å². The molecule has 3 unspecified atom stereocenters. The molecule has 0 heterocycles. The average Bonchev–Trinajstić information content (AvgIpc) is 3.41. The van der Waals surface area contributed by atoms with Crippen LogP contribution in [0, 0.1) is 0 Å². The minimum atomic E-state index is -1.13. The van der Waals surface area contributed by atoms with Gasteiger partial charge in [-0.1, -0.05) is 393 Å². The summed E-state index contributed by atoms with van der Waals surface area (Å²) in [6, 6.07) is -0.806. The van der Waals surface area contributed by atoms with E-state index in [0.717, 1.165) is 32.1 Å². The number of rotatable bonds is 66. The highest BCUT2D eigenvalue weighted by molar-refractivity contribution is 5.76. The lowest BCUT2D eigenvalue weighted by atomic mass is 9.99. The summed E-state index contributed by atoms with van der Waals surface area (Å²) in [5.41, 5.74) is 0. The third kappa shape index (κ3) is 59.0. The molecule has 5 nitrogen and oxygen atoms in total. The van der Waals surface area contributed by atoms with Crippen molar-refractivity contribution in [2.24, 2.45) is 0 Å². The van der Waals surface area contributed by atoms with Gasteiger partial charge in [0.1, 0.15) is 6.10 Å². The first-order chi connectivity index (χ1) is 36.6. The van der Waals surface area contributed by atoms with Gasteiger partial charge < -0.3 is 20.6 Å². The molecule has 74 heavy (non-hydrogen) atoms. The number of unbranched alkanes of at least 4 members (excludes halogenated alkanes) is 58. The van der Waals surface area contributed by atoms with Crippen LogP contribution >= 0.6 is 0 Å². The zero-order chi connectivity index (χ0) is 53.6. The number of carbonyl (C=O) groups excluding carboxylic acids is 1. The van der Waals surface area contributed by atoms with Gasteiger partial charge in [-0.25, -0.2) is 0 Å². The highest BCUT2D eigenvalue weighted by Crippen LogP contribution is 2.20. The predicted octanol–water partition coefficient (Wildman–Crippen LogP) is 22.4. The molecule has 0 bridgehead atoms. The summed E-state index contributed by atoms with van der Waals surface area (Å²) in [4.78, 5) is 12.6. The summed E-state index contributed by atoms with van der Waals surface area (Å²) in [7, 11) is 0. The first-order valence-electron chi connectivity index (χ1n) is 34.8. The molecule has 0 aromatic heterocycles. The van der Waals surface area contributed by atoms with Gasteiger partial charge in [0.2, 0.25) is 5.91 Å². The van der Waals surface area contributed by atoms with Gasteiger partial charge in [-0.2, -0.15) is 0 Å². The van der Waals surface area contributed by atoms with Crippen molar-refractivity contribution in [2.75, 3.05) is 6.61 Å². The molecule has 0 aromatic rings. The van der Waals surface area contributed by atoms with Gasteiger partial charge in [-0.3, -0.25) is 4.79 Å². The fraction of sp³-hybridized carbons (Fsp3) is 0.986. The Labute approximate surface area is 466 Å². The molecule has 0 radical (unpaired) electrons. The van der Waals surface area contributed by atoms with E-state index in [0.29, 0.717) is 12.8 Å². The van der Waals surface area contributed by atoms with Crippen LogP contribution in [0.4, 0.5) is 0 Å².